The molecule has 0 aliphatic heterocycles. The minimum atomic E-state index is 0.874. The van der Waals surface area contributed by atoms with Crippen molar-refractivity contribution in [2.24, 2.45) is 7.05 Å². The predicted octanol–water partition coefficient (Wildman–Crippen LogP) is 0.374. The number of tetrazole rings is 1. The van der Waals surface area contributed by atoms with Gasteiger partial charge in [0.25, 0.3) is 0 Å². The van der Waals surface area contributed by atoms with Gasteiger partial charge in [0, 0.05) is 12.6 Å². The van der Waals surface area contributed by atoms with Gasteiger partial charge < -0.3 is 5.32 Å². The Balaban J connectivity index is 1.64. The summed E-state index contributed by atoms with van der Waals surface area (Å²) in [6.07, 6.45) is 0. The molecule has 0 spiro atoms. The first-order valence-corrected chi connectivity index (χ1v) is 6.96. The lowest BCUT2D eigenvalue weighted by Gasteiger charge is -2.02. The smallest absolute Gasteiger partial charge is 0.209 e. The summed E-state index contributed by atoms with van der Waals surface area (Å²) >= 11 is 1.69. The van der Waals surface area contributed by atoms with Crippen LogP contribution in [0.5, 0.6) is 0 Å². The van der Waals surface area contributed by atoms with Crippen molar-refractivity contribution >= 4 is 11.8 Å². The number of hydrogen-bond acceptors (Lipinski definition) is 4. The van der Waals surface area contributed by atoms with Gasteiger partial charge in [-0.1, -0.05) is 41.6 Å². The van der Waals surface area contributed by atoms with E-state index in [2.05, 4.69) is 52.0 Å². The van der Waals surface area contributed by atoms with E-state index in [0.29, 0.717) is 0 Å². The number of hydrogen-bond donors (Lipinski definition) is 1. The molecule has 0 atom stereocenters. The quantitative estimate of drug-likeness (QED) is 0.605. The molecule has 18 heavy (non-hydrogen) atoms. The van der Waals surface area contributed by atoms with Crippen LogP contribution in [0.25, 0.3) is 0 Å². The monoisotopic (exact) mass is 264 g/mol. The van der Waals surface area contributed by atoms with Crippen molar-refractivity contribution in [3.8, 4) is 0 Å². The lowest BCUT2D eigenvalue weighted by molar-refractivity contribution is -0.666. The van der Waals surface area contributed by atoms with Gasteiger partial charge in [0.05, 0.1) is 12.3 Å². The molecule has 2 N–H and O–H groups in total. The Morgan fingerprint density at radius 3 is 2.72 bits per heavy atom. The zero-order valence-corrected chi connectivity index (χ0v) is 11.5. The van der Waals surface area contributed by atoms with E-state index in [1.165, 1.54) is 11.1 Å². The van der Waals surface area contributed by atoms with E-state index in [1.807, 2.05) is 7.05 Å². The summed E-state index contributed by atoms with van der Waals surface area (Å²) < 4.78 is 1.70. The molecule has 0 aliphatic rings. The van der Waals surface area contributed by atoms with Crippen molar-refractivity contribution < 1.29 is 5.32 Å². The molecule has 0 amide bonds. The third-order valence-electron chi connectivity index (χ3n) is 2.64. The first-order valence-electron chi connectivity index (χ1n) is 5.98. The van der Waals surface area contributed by atoms with Crippen LogP contribution in [-0.4, -0.2) is 32.5 Å². The van der Waals surface area contributed by atoms with Gasteiger partial charge in [-0.05, 0) is 17.4 Å². The summed E-state index contributed by atoms with van der Waals surface area (Å²) in [5, 5.41) is 14.5. The molecule has 96 valence electrons. The van der Waals surface area contributed by atoms with Crippen LogP contribution >= 0.6 is 11.8 Å². The number of nitrogens with zero attached hydrogens (tertiary/aromatic N) is 4. The summed E-state index contributed by atoms with van der Waals surface area (Å²) in [4.78, 5) is 0. The number of thioether (sulfide) groups is 1. The highest BCUT2D eigenvalue weighted by Gasteiger charge is 2.02. The highest BCUT2D eigenvalue weighted by molar-refractivity contribution is 7.99. The fourth-order valence-electron chi connectivity index (χ4n) is 1.57. The third-order valence-corrected chi connectivity index (χ3v) is 3.68. The molecule has 5 nitrogen and oxygen atoms in total. The second-order valence-corrected chi connectivity index (χ2v) is 5.26. The Hall–Kier alpha value is -1.40. The van der Waals surface area contributed by atoms with Crippen molar-refractivity contribution in [2.45, 2.75) is 18.6 Å². The van der Waals surface area contributed by atoms with Gasteiger partial charge in [0.1, 0.15) is 6.54 Å². The van der Waals surface area contributed by atoms with Gasteiger partial charge in [-0.15, -0.1) is 5.10 Å². The third kappa shape index (κ3) is 3.82. The standard InChI is InChI=1S/C12H17N5S/c1-10-3-5-11(6-4-10)9-13-7-8-18-12-14-15-16-17(12)2/h3-6,13H,7-9H2,1-2H3/p+1. The Kier molecular flexibility index (Phi) is 4.72. The lowest BCUT2D eigenvalue weighted by atomic mass is 10.1. The molecule has 0 radical (unpaired) electrons. The van der Waals surface area contributed by atoms with Gasteiger partial charge in [-0.3, -0.25) is 0 Å². The van der Waals surface area contributed by atoms with Gasteiger partial charge in [0.2, 0.25) is 5.16 Å². The minimum Gasteiger partial charge on any atom is -0.342 e. The molecule has 2 aromatic rings. The highest BCUT2D eigenvalue weighted by Crippen LogP contribution is 2.09. The number of aryl methyl sites for hydroxylation is 2. The van der Waals surface area contributed by atoms with Crippen molar-refractivity contribution in [1.29, 1.82) is 0 Å². The molecule has 0 fully saturated rings. The van der Waals surface area contributed by atoms with Gasteiger partial charge in [-0.2, -0.15) is 0 Å². The van der Waals surface area contributed by atoms with Crippen molar-refractivity contribution in [3.05, 3.63) is 35.4 Å². The Bertz CT molecular complexity index is 479. The number of quaternary nitrogens is 1. The summed E-state index contributed by atoms with van der Waals surface area (Å²) in [5.41, 5.74) is 2.68. The number of aromatic nitrogens is 4. The average Bonchev–Trinajstić information content (AvgIpc) is 2.77. The van der Waals surface area contributed by atoms with Crippen LogP contribution in [0.3, 0.4) is 0 Å². The maximum atomic E-state index is 3.93. The Labute approximate surface area is 111 Å². The zero-order chi connectivity index (χ0) is 12.8. The SMILES string of the molecule is Cc1ccc(C[NH2+]CCSc2nnnn2C)cc1. The fourth-order valence-corrected chi connectivity index (χ4v) is 2.35. The molecule has 1 aromatic heterocycles. The maximum absolute atomic E-state index is 3.93. The maximum Gasteiger partial charge on any atom is 0.209 e. The van der Waals surface area contributed by atoms with Gasteiger partial charge in [0.15, 0.2) is 0 Å². The molecule has 2 rings (SSSR count). The summed E-state index contributed by atoms with van der Waals surface area (Å²) in [6.45, 7) is 4.20. The first kappa shape index (κ1) is 13.0. The average molecular weight is 264 g/mol. The molecule has 1 aromatic carbocycles. The summed E-state index contributed by atoms with van der Waals surface area (Å²) in [7, 11) is 1.86. The second-order valence-electron chi connectivity index (χ2n) is 4.20. The van der Waals surface area contributed by atoms with Crippen LogP contribution in [0.2, 0.25) is 0 Å². The number of benzene rings is 1. The van der Waals surface area contributed by atoms with Crippen LogP contribution in [0.15, 0.2) is 29.4 Å². The molecule has 1 heterocycles. The molecule has 0 saturated heterocycles. The normalized spacial score (nSPS) is 10.8. The molecule has 0 unspecified atom stereocenters. The first-order chi connectivity index (χ1) is 8.75. The zero-order valence-electron chi connectivity index (χ0n) is 10.7. The van der Waals surface area contributed by atoms with E-state index in [0.717, 1.165) is 24.0 Å². The van der Waals surface area contributed by atoms with E-state index in [1.54, 1.807) is 16.4 Å². The Morgan fingerprint density at radius 1 is 1.28 bits per heavy atom. The van der Waals surface area contributed by atoms with Gasteiger partial charge in [-0.25, -0.2) is 4.68 Å². The van der Waals surface area contributed by atoms with E-state index in [9.17, 15) is 0 Å². The highest BCUT2D eigenvalue weighted by atomic mass is 32.2. The molecule has 0 bridgehead atoms. The van der Waals surface area contributed by atoms with Crippen molar-refractivity contribution in [2.75, 3.05) is 12.3 Å². The van der Waals surface area contributed by atoms with Crippen LogP contribution in [0.4, 0.5) is 0 Å². The van der Waals surface area contributed by atoms with Crippen molar-refractivity contribution in [3.63, 3.8) is 0 Å². The molecule has 6 heteroatoms. The second kappa shape index (κ2) is 6.51. The van der Waals surface area contributed by atoms with Crippen LogP contribution in [-0.2, 0) is 13.6 Å². The van der Waals surface area contributed by atoms with Crippen LogP contribution in [0.1, 0.15) is 11.1 Å². The van der Waals surface area contributed by atoms with E-state index >= 15 is 0 Å². The largest absolute Gasteiger partial charge is 0.342 e. The molecule has 0 saturated carbocycles. The molecule has 0 aliphatic carbocycles. The Morgan fingerprint density at radius 2 is 2.06 bits per heavy atom. The lowest BCUT2D eigenvalue weighted by Crippen LogP contribution is -2.83. The van der Waals surface area contributed by atoms with Crippen LogP contribution < -0.4 is 5.32 Å². The van der Waals surface area contributed by atoms with E-state index in [4.69, 9.17) is 0 Å². The van der Waals surface area contributed by atoms with Gasteiger partial charge >= 0.3 is 0 Å². The number of nitrogens with two attached hydrogens (primary N) is 1. The topological polar surface area (TPSA) is 60.2 Å². The molecular weight excluding hydrogens is 246 g/mol. The number of rotatable bonds is 6. The summed E-state index contributed by atoms with van der Waals surface area (Å²) in [6, 6.07) is 8.68. The van der Waals surface area contributed by atoms with Crippen molar-refractivity contribution in [1.82, 2.24) is 20.2 Å². The van der Waals surface area contributed by atoms with Crippen LogP contribution in [0, 0.1) is 6.92 Å². The van der Waals surface area contributed by atoms with E-state index in [-0.39, 0.29) is 0 Å². The summed E-state index contributed by atoms with van der Waals surface area (Å²) in [5.74, 6) is 1.01. The minimum absolute atomic E-state index is 0.874. The predicted molar refractivity (Wildman–Crippen MR) is 71.2 cm³/mol. The molecular formula is C12H18N5S+. The fraction of sp³-hybridized carbons (Fsp3) is 0.417. The van der Waals surface area contributed by atoms with E-state index < -0.39 is 0 Å².